The maximum atomic E-state index is 14.2. The van der Waals surface area contributed by atoms with E-state index in [4.69, 9.17) is 4.42 Å². The molecule has 0 aliphatic carbocycles. The van der Waals surface area contributed by atoms with E-state index in [9.17, 15) is 9.18 Å². The summed E-state index contributed by atoms with van der Waals surface area (Å²) >= 11 is 1.57. The molecule has 27 heavy (non-hydrogen) atoms. The lowest BCUT2D eigenvalue weighted by atomic mass is 10.2. The summed E-state index contributed by atoms with van der Waals surface area (Å²) in [4.78, 5) is 22.8. The largest absolute Gasteiger partial charge is 0.469 e. The molecule has 3 heterocycles. The Hall–Kier alpha value is -3.26. The molecule has 4 aromatic rings. The van der Waals surface area contributed by atoms with Crippen LogP contribution >= 0.6 is 11.3 Å². The fraction of sp³-hybridized carbons (Fsp3) is 0.105. The number of furan rings is 1. The van der Waals surface area contributed by atoms with Gasteiger partial charge in [0.05, 0.1) is 22.9 Å². The van der Waals surface area contributed by atoms with Gasteiger partial charge in [0, 0.05) is 10.6 Å². The highest BCUT2D eigenvalue weighted by Gasteiger charge is 2.15. The summed E-state index contributed by atoms with van der Waals surface area (Å²) < 4.78 is 19.3. The molecular weight excluding hydrogens is 367 g/mol. The summed E-state index contributed by atoms with van der Waals surface area (Å²) in [5.41, 5.74) is 1.02. The first-order valence-corrected chi connectivity index (χ1v) is 8.96. The highest BCUT2D eigenvalue weighted by Crippen LogP contribution is 2.30. The van der Waals surface area contributed by atoms with Gasteiger partial charge in [-0.1, -0.05) is 0 Å². The highest BCUT2D eigenvalue weighted by molar-refractivity contribution is 7.18. The smallest absolute Gasteiger partial charge is 0.259 e. The molecule has 0 aliphatic rings. The molecule has 0 atom stereocenters. The predicted octanol–water partition coefficient (Wildman–Crippen LogP) is 5.04. The van der Waals surface area contributed by atoms with E-state index >= 15 is 0 Å². The van der Waals surface area contributed by atoms with Crippen molar-refractivity contribution < 1.29 is 13.6 Å². The van der Waals surface area contributed by atoms with E-state index in [1.54, 1.807) is 30.4 Å². The van der Waals surface area contributed by atoms with Crippen LogP contribution in [-0.4, -0.2) is 15.9 Å². The van der Waals surface area contributed by atoms with Gasteiger partial charge < -0.3 is 15.1 Å². The summed E-state index contributed by atoms with van der Waals surface area (Å²) in [7, 11) is 0. The Morgan fingerprint density at radius 2 is 2.04 bits per heavy atom. The Bertz CT molecular complexity index is 1150. The number of carbonyl (C=O) groups is 1. The SMILES string of the molecule is Cc1cc2c(Nc3ccc(F)c(NC(=O)c4ccoc4C)c3)ncnc2s1. The second kappa shape index (κ2) is 6.81. The zero-order valence-corrected chi connectivity index (χ0v) is 15.4. The number of anilines is 3. The molecule has 1 amide bonds. The number of rotatable bonds is 4. The molecular formula is C19H15FN4O2S. The normalized spacial score (nSPS) is 10.9. The molecule has 0 fully saturated rings. The van der Waals surface area contributed by atoms with Gasteiger partial charge >= 0.3 is 0 Å². The van der Waals surface area contributed by atoms with Crippen LogP contribution in [-0.2, 0) is 0 Å². The average Bonchev–Trinajstić information content (AvgIpc) is 3.23. The summed E-state index contributed by atoms with van der Waals surface area (Å²) in [6.07, 6.45) is 2.90. The van der Waals surface area contributed by atoms with Gasteiger partial charge in [-0.3, -0.25) is 4.79 Å². The number of hydrogen-bond acceptors (Lipinski definition) is 6. The lowest BCUT2D eigenvalue weighted by Crippen LogP contribution is -2.13. The van der Waals surface area contributed by atoms with Crippen LogP contribution in [0.3, 0.4) is 0 Å². The zero-order valence-electron chi connectivity index (χ0n) is 14.5. The standard InChI is InChI=1S/C19H15FN4O2S/c1-10-7-14-17(21-9-22-19(14)27-10)23-12-3-4-15(20)16(8-12)24-18(25)13-5-6-26-11(13)2/h3-9H,1-2H3,(H,24,25)(H,21,22,23). The van der Waals surface area contributed by atoms with E-state index in [2.05, 4.69) is 20.6 Å². The van der Waals surface area contributed by atoms with Gasteiger partial charge in [0.1, 0.15) is 28.6 Å². The average molecular weight is 382 g/mol. The fourth-order valence-electron chi connectivity index (χ4n) is 2.72. The summed E-state index contributed by atoms with van der Waals surface area (Å²) in [6, 6.07) is 7.94. The van der Waals surface area contributed by atoms with Crippen molar-refractivity contribution in [3.8, 4) is 0 Å². The van der Waals surface area contributed by atoms with Crippen molar-refractivity contribution in [2.45, 2.75) is 13.8 Å². The summed E-state index contributed by atoms with van der Waals surface area (Å²) in [5.74, 6) is 0.127. The quantitative estimate of drug-likeness (QED) is 0.517. The minimum absolute atomic E-state index is 0.0670. The number of aryl methyl sites for hydroxylation is 2. The highest BCUT2D eigenvalue weighted by atomic mass is 32.1. The van der Waals surface area contributed by atoms with E-state index in [1.165, 1.54) is 24.7 Å². The van der Waals surface area contributed by atoms with E-state index in [0.717, 1.165) is 15.1 Å². The van der Waals surface area contributed by atoms with E-state index in [0.29, 0.717) is 22.8 Å². The number of benzene rings is 1. The maximum absolute atomic E-state index is 14.2. The molecule has 2 N–H and O–H groups in total. The van der Waals surface area contributed by atoms with E-state index in [1.807, 2.05) is 13.0 Å². The van der Waals surface area contributed by atoms with Gasteiger partial charge in [0.25, 0.3) is 5.91 Å². The fourth-order valence-corrected chi connectivity index (χ4v) is 3.57. The first kappa shape index (κ1) is 17.2. The van der Waals surface area contributed by atoms with Crippen LogP contribution in [0.5, 0.6) is 0 Å². The molecule has 136 valence electrons. The maximum Gasteiger partial charge on any atom is 0.259 e. The first-order valence-electron chi connectivity index (χ1n) is 8.14. The van der Waals surface area contributed by atoms with Crippen molar-refractivity contribution >= 4 is 44.7 Å². The number of halogens is 1. The summed E-state index contributed by atoms with van der Waals surface area (Å²) in [6.45, 7) is 3.67. The van der Waals surface area contributed by atoms with Crippen LogP contribution < -0.4 is 10.6 Å². The van der Waals surface area contributed by atoms with Gasteiger partial charge in [-0.15, -0.1) is 11.3 Å². The molecule has 0 saturated heterocycles. The third-order valence-electron chi connectivity index (χ3n) is 4.03. The van der Waals surface area contributed by atoms with E-state index < -0.39 is 11.7 Å². The van der Waals surface area contributed by atoms with E-state index in [-0.39, 0.29) is 5.69 Å². The van der Waals surface area contributed by atoms with Gasteiger partial charge in [-0.25, -0.2) is 14.4 Å². The molecule has 1 aromatic carbocycles. The molecule has 0 spiro atoms. The van der Waals surface area contributed by atoms with Gasteiger partial charge in [-0.05, 0) is 44.2 Å². The number of hydrogen-bond donors (Lipinski definition) is 2. The molecule has 0 saturated carbocycles. The van der Waals surface area contributed by atoms with Crippen LogP contribution in [0.4, 0.5) is 21.6 Å². The van der Waals surface area contributed by atoms with Crippen molar-refractivity contribution in [3.63, 3.8) is 0 Å². The van der Waals surface area contributed by atoms with Gasteiger partial charge in [-0.2, -0.15) is 0 Å². The van der Waals surface area contributed by atoms with Crippen LogP contribution in [0, 0.1) is 19.7 Å². The third kappa shape index (κ3) is 3.39. The Morgan fingerprint density at radius 3 is 2.81 bits per heavy atom. The zero-order chi connectivity index (χ0) is 19.0. The Morgan fingerprint density at radius 1 is 1.19 bits per heavy atom. The molecule has 0 unspecified atom stereocenters. The van der Waals surface area contributed by atoms with Crippen LogP contribution in [0.25, 0.3) is 10.2 Å². The number of amides is 1. The summed E-state index contributed by atoms with van der Waals surface area (Å²) in [5, 5.41) is 6.64. The van der Waals surface area contributed by atoms with Crippen molar-refractivity contribution in [2.24, 2.45) is 0 Å². The minimum atomic E-state index is -0.533. The molecule has 4 rings (SSSR count). The van der Waals surface area contributed by atoms with Crippen molar-refractivity contribution in [2.75, 3.05) is 10.6 Å². The molecule has 8 heteroatoms. The van der Waals surface area contributed by atoms with Crippen molar-refractivity contribution in [1.82, 2.24) is 9.97 Å². The first-order chi connectivity index (χ1) is 13.0. The van der Waals surface area contributed by atoms with Crippen LogP contribution in [0.1, 0.15) is 21.0 Å². The second-order valence-corrected chi connectivity index (χ2v) is 7.20. The van der Waals surface area contributed by atoms with Crippen molar-refractivity contribution in [1.29, 1.82) is 0 Å². The molecule has 6 nitrogen and oxygen atoms in total. The number of nitrogens with one attached hydrogen (secondary N) is 2. The number of carbonyl (C=O) groups excluding carboxylic acids is 1. The topological polar surface area (TPSA) is 80.0 Å². The third-order valence-corrected chi connectivity index (χ3v) is 4.99. The molecule has 3 aromatic heterocycles. The minimum Gasteiger partial charge on any atom is -0.469 e. The van der Waals surface area contributed by atoms with Crippen LogP contribution in [0.2, 0.25) is 0 Å². The monoisotopic (exact) mass is 382 g/mol. The molecule has 0 aliphatic heterocycles. The lowest BCUT2D eigenvalue weighted by molar-refractivity contribution is 0.102. The number of aromatic nitrogens is 2. The second-order valence-electron chi connectivity index (χ2n) is 5.96. The Labute approximate surface area is 158 Å². The van der Waals surface area contributed by atoms with Gasteiger partial charge in [0.15, 0.2) is 0 Å². The molecule has 0 radical (unpaired) electrons. The number of thiophene rings is 1. The molecule has 0 bridgehead atoms. The Balaban J connectivity index is 1.62. The Kier molecular flexibility index (Phi) is 4.33. The van der Waals surface area contributed by atoms with Crippen LogP contribution in [0.15, 0.2) is 47.3 Å². The lowest BCUT2D eigenvalue weighted by Gasteiger charge is -2.10. The van der Waals surface area contributed by atoms with Gasteiger partial charge in [0.2, 0.25) is 0 Å². The predicted molar refractivity (Wildman–Crippen MR) is 103 cm³/mol. The number of nitrogens with zero attached hydrogens (tertiary/aromatic N) is 2. The number of fused-ring (bicyclic) bond motifs is 1. The van der Waals surface area contributed by atoms with Crippen molar-refractivity contribution in [3.05, 3.63) is 64.9 Å².